The second-order valence-electron chi connectivity index (χ2n) is 5.20. The topological polar surface area (TPSA) is 86.2 Å². The summed E-state index contributed by atoms with van der Waals surface area (Å²) in [6, 6.07) is 0. The second-order valence-corrected chi connectivity index (χ2v) is 5.20. The van der Waals surface area contributed by atoms with Crippen LogP contribution in [0.4, 0.5) is 0 Å². The van der Waals surface area contributed by atoms with Crippen LogP contribution in [0.3, 0.4) is 0 Å². The molecule has 2 saturated carbocycles. The van der Waals surface area contributed by atoms with Crippen LogP contribution in [0, 0.1) is 10.8 Å². The van der Waals surface area contributed by atoms with E-state index >= 15 is 0 Å². The van der Waals surface area contributed by atoms with Crippen molar-refractivity contribution in [2.45, 2.75) is 44.9 Å². The standard InChI is InChI=1S/C11H18N2O2/c12-8(14)6-11(7-9(13)15)5-4-10(11)2-1-3-10/h1-7H2,(H2,12,14)(H2,13,15). The minimum Gasteiger partial charge on any atom is -0.370 e. The van der Waals surface area contributed by atoms with Gasteiger partial charge in [-0.2, -0.15) is 0 Å². The first-order valence-corrected chi connectivity index (χ1v) is 5.56. The maximum atomic E-state index is 11.1. The molecule has 0 atom stereocenters. The molecule has 2 aliphatic carbocycles. The number of nitrogens with two attached hydrogens (primary N) is 2. The van der Waals surface area contributed by atoms with Gasteiger partial charge in [-0.05, 0) is 36.5 Å². The Hall–Kier alpha value is -1.06. The molecule has 0 heterocycles. The molecule has 2 fully saturated rings. The van der Waals surface area contributed by atoms with E-state index in [1.54, 1.807) is 0 Å². The molecule has 0 bridgehead atoms. The van der Waals surface area contributed by atoms with Gasteiger partial charge in [0, 0.05) is 12.8 Å². The average molecular weight is 210 g/mol. The number of hydrogen-bond donors (Lipinski definition) is 2. The van der Waals surface area contributed by atoms with Crippen LogP contribution in [0.25, 0.3) is 0 Å². The van der Waals surface area contributed by atoms with Gasteiger partial charge < -0.3 is 11.5 Å². The van der Waals surface area contributed by atoms with E-state index in [1.165, 1.54) is 6.42 Å². The summed E-state index contributed by atoms with van der Waals surface area (Å²) < 4.78 is 0. The molecule has 0 unspecified atom stereocenters. The molecular weight excluding hydrogens is 192 g/mol. The van der Waals surface area contributed by atoms with Crippen molar-refractivity contribution < 1.29 is 9.59 Å². The fourth-order valence-electron chi connectivity index (χ4n) is 3.50. The van der Waals surface area contributed by atoms with E-state index in [0.717, 1.165) is 25.7 Å². The van der Waals surface area contributed by atoms with Gasteiger partial charge >= 0.3 is 0 Å². The van der Waals surface area contributed by atoms with E-state index in [9.17, 15) is 9.59 Å². The highest BCUT2D eigenvalue weighted by molar-refractivity contribution is 5.79. The fraction of sp³-hybridized carbons (Fsp3) is 0.818. The lowest BCUT2D eigenvalue weighted by Gasteiger charge is -2.64. The predicted octanol–water partition coefficient (Wildman–Crippen LogP) is 0.688. The van der Waals surface area contributed by atoms with Gasteiger partial charge in [-0.15, -0.1) is 0 Å². The van der Waals surface area contributed by atoms with Crippen LogP contribution in [0.5, 0.6) is 0 Å². The van der Waals surface area contributed by atoms with Crippen molar-refractivity contribution in [1.82, 2.24) is 0 Å². The number of carbonyl (C=O) groups excluding carboxylic acids is 2. The molecule has 0 aliphatic heterocycles. The van der Waals surface area contributed by atoms with E-state index in [1.807, 2.05) is 0 Å². The van der Waals surface area contributed by atoms with Gasteiger partial charge in [0.2, 0.25) is 11.8 Å². The van der Waals surface area contributed by atoms with Gasteiger partial charge in [-0.25, -0.2) is 0 Å². The Morgan fingerprint density at radius 3 is 1.67 bits per heavy atom. The molecule has 0 saturated heterocycles. The van der Waals surface area contributed by atoms with Gasteiger partial charge in [-0.1, -0.05) is 6.42 Å². The monoisotopic (exact) mass is 210 g/mol. The van der Waals surface area contributed by atoms with Gasteiger partial charge in [0.25, 0.3) is 0 Å². The highest BCUT2D eigenvalue weighted by Crippen LogP contribution is 2.69. The summed E-state index contributed by atoms with van der Waals surface area (Å²) in [5.74, 6) is -0.607. The molecule has 2 rings (SSSR count). The molecule has 0 aromatic heterocycles. The number of primary amides is 2. The van der Waals surface area contributed by atoms with E-state index < -0.39 is 0 Å². The molecule has 4 heteroatoms. The summed E-state index contributed by atoms with van der Waals surface area (Å²) in [4.78, 5) is 22.2. The minimum absolute atomic E-state index is 0.192. The minimum atomic E-state index is -0.303. The zero-order chi connectivity index (χ0) is 11.1. The van der Waals surface area contributed by atoms with Crippen LogP contribution in [0.15, 0.2) is 0 Å². The maximum Gasteiger partial charge on any atom is 0.218 e. The molecular formula is C11H18N2O2. The third kappa shape index (κ3) is 1.43. The zero-order valence-electron chi connectivity index (χ0n) is 8.92. The smallest absolute Gasteiger partial charge is 0.218 e. The van der Waals surface area contributed by atoms with Crippen molar-refractivity contribution >= 4 is 11.8 Å². The summed E-state index contributed by atoms with van der Waals surface area (Å²) >= 11 is 0. The molecule has 4 N–H and O–H groups in total. The Morgan fingerprint density at radius 1 is 0.933 bits per heavy atom. The summed E-state index contributed by atoms with van der Waals surface area (Å²) in [6.45, 7) is 0. The Balaban J connectivity index is 2.15. The normalized spacial score (nSPS) is 25.3. The van der Waals surface area contributed by atoms with Crippen LogP contribution in [0.1, 0.15) is 44.9 Å². The maximum absolute atomic E-state index is 11.1. The molecule has 84 valence electrons. The molecule has 15 heavy (non-hydrogen) atoms. The summed E-state index contributed by atoms with van der Waals surface area (Å²) in [7, 11) is 0. The van der Waals surface area contributed by atoms with E-state index in [-0.39, 0.29) is 22.6 Å². The van der Waals surface area contributed by atoms with E-state index in [2.05, 4.69) is 0 Å². The first kappa shape index (κ1) is 10.5. The van der Waals surface area contributed by atoms with Crippen molar-refractivity contribution in [3.05, 3.63) is 0 Å². The fourth-order valence-corrected chi connectivity index (χ4v) is 3.50. The summed E-state index contributed by atoms with van der Waals surface area (Å²) in [5, 5.41) is 0. The number of amides is 2. The van der Waals surface area contributed by atoms with E-state index in [0.29, 0.717) is 12.8 Å². The van der Waals surface area contributed by atoms with Crippen LogP contribution in [-0.4, -0.2) is 11.8 Å². The quantitative estimate of drug-likeness (QED) is 0.715. The first-order chi connectivity index (χ1) is 7.00. The van der Waals surface area contributed by atoms with Crippen molar-refractivity contribution in [3.8, 4) is 0 Å². The second kappa shape index (κ2) is 3.22. The summed E-state index contributed by atoms with van der Waals surface area (Å²) in [6.07, 6.45) is 6.19. The molecule has 2 amide bonds. The number of rotatable bonds is 4. The number of hydrogen-bond acceptors (Lipinski definition) is 2. The van der Waals surface area contributed by atoms with Crippen LogP contribution in [0.2, 0.25) is 0 Å². The SMILES string of the molecule is NC(=O)CC1(CC(N)=O)CCC12CCC2. The van der Waals surface area contributed by atoms with Crippen molar-refractivity contribution in [1.29, 1.82) is 0 Å². The highest BCUT2D eigenvalue weighted by Gasteiger charge is 2.61. The Labute approximate surface area is 89.4 Å². The van der Waals surface area contributed by atoms with Crippen LogP contribution >= 0.6 is 0 Å². The molecule has 0 aromatic rings. The zero-order valence-corrected chi connectivity index (χ0v) is 8.92. The van der Waals surface area contributed by atoms with Crippen molar-refractivity contribution in [2.24, 2.45) is 22.3 Å². The molecule has 4 nitrogen and oxygen atoms in total. The van der Waals surface area contributed by atoms with Crippen LogP contribution < -0.4 is 11.5 Å². The molecule has 0 aromatic carbocycles. The van der Waals surface area contributed by atoms with Gasteiger partial charge in [0.05, 0.1) is 0 Å². The third-order valence-corrected chi connectivity index (χ3v) is 4.54. The Bertz CT molecular complexity index is 286. The Kier molecular flexibility index (Phi) is 2.24. The van der Waals surface area contributed by atoms with Crippen molar-refractivity contribution in [2.75, 3.05) is 0 Å². The molecule has 2 aliphatic rings. The van der Waals surface area contributed by atoms with Gasteiger partial charge in [-0.3, -0.25) is 9.59 Å². The lowest BCUT2D eigenvalue weighted by Crippen LogP contribution is -2.58. The lowest BCUT2D eigenvalue weighted by atomic mass is 9.39. The first-order valence-electron chi connectivity index (χ1n) is 5.56. The van der Waals surface area contributed by atoms with Gasteiger partial charge in [0.1, 0.15) is 0 Å². The molecule has 1 spiro atoms. The highest BCUT2D eigenvalue weighted by atomic mass is 16.1. The number of carbonyl (C=O) groups is 2. The average Bonchev–Trinajstić information content (AvgIpc) is 1.96. The Morgan fingerprint density at radius 2 is 1.47 bits per heavy atom. The third-order valence-electron chi connectivity index (χ3n) is 4.54. The van der Waals surface area contributed by atoms with Gasteiger partial charge in [0.15, 0.2) is 0 Å². The predicted molar refractivity (Wildman–Crippen MR) is 55.6 cm³/mol. The van der Waals surface area contributed by atoms with Crippen molar-refractivity contribution in [3.63, 3.8) is 0 Å². The molecule has 0 radical (unpaired) electrons. The largest absolute Gasteiger partial charge is 0.370 e. The van der Waals surface area contributed by atoms with Crippen LogP contribution in [-0.2, 0) is 9.59 Å². The van der Waals surface area contributed by atoms with E-state index in [4.69, 9.17) is 11.5 Å². The summed E-state index contributed by atoms with van der Waals surface area (Å²) in [5.41, 5.74) is 10.6. The lowest BCUT2D eigenvalue weighted by molar-refractivity contribution is -0.164.